The Balaban J connectivity index is 3.12. The topological polar surface area (TPSA) is 40.5 Å². The molecular formula is C10H3F5O2. The van der Waals surface area contributed by atoms with Crippen LogP contribution in [-0.2, 0) is 0 Å². The molecule has 0 atom stereocenters. The number of fused-ring (bicyclic) bond motifs is 1. The van der Waals surface area contributed by atoms with Crippen molar-refractivity contribution in [2.75, 3.05) is 0 Å². The van der Waals surface area contributed by atoms with Gasteiger partial charge in [-0.05, 0) is 6.07 Å². The predicted molar refractivity (Wildman–Crippen MR) is 47.1 cm³/mol. The number of phenolic OH excluding ortho intramolecular Hbond substituents is 2. The van der Waals surface area contributed by atoms with E-state index in [1.807, 2.05) is 0 Å². The van der Waals surface area contributed by atoms with E-state index in [4.69, 9.17) is 5.11 Å². The summed E-state index contributed by atoms with van der Waals surface area (Å²) in [6.45, 7) is 0. The molecule has 0 aromatic heterocycles. The van der Waals surface area contributed by atoms with E-state index in [-0.39, 0.29) is 6.07 Å². The van der Waals surface area contributed by atoms with Gasteiger partial charge in [0.1, 0.15) is 0 Å². The van der Waals surface area contributed by atoms with Crippen molar-refractivity contribution in [1.82, 2.24) is 0 Å². The third-order valence-corrected chi connectivity index (χ3v) is 2.26. The van der Waals surface area contributed by atoms with Gasteiger partial charge < -0.3 is 10.2 Å². The molecule has 2 aromatic rings. The quantitative estimate of drug-likeness (QED) is 0.428. The van der Waals surface area contributed by atoms with Gasteiger partial charge in [0.2, 0.25) is 5.82 Å². The SMILES string of the molecule is Oc1c(F)c(F)c2c(F)c(F)c(F)cc2c1O. The number of hydrogen-bond donors (Lipinski definition) is 2. The van der Waals surface area contributed by atoms with Crippen molar-refractivity contribution in [3.05, 3.63) is 35.2 Å². The van der Waals surface area contributed by atoms with E-state index >= 15 is 0 Å². The molecule has 0 heterocycles. The lowest BCUT2D eigenvalue weighted by atomic mass is 10.1. The van der Waals surface area contributed by atoms with E-state index in [0.29, 0.717) is 0 Å². The van der Waals surface area contributed by atoms with Crippen LogP contribution in [0.15, 0.2) is 6.07 Å². The van der Waals surface area contributed by atoms with Gasteiger partial charge in [0.15, 0.2) is 34.8 Å². The fourth-order valence-electron chi connectivity index (χ4n) is 1.44. The smallest absolute Gasteiger partial charge is 0.205 e. The third-order valence-electron chi connectivity index (χ3n) is 2.26. The van der Waals surface area contributed by atoms with Gasteiger partial charge in [-0.3, -0.25) is 0 Å². The number of phenols is 2. The molecule has 0 unspecified atom stereocenters. The fraction of sp³-hybridized carbons (Fsp3) is 0. The number of benzene rings is 2. The third kappa shape index (κ3) is 1.38. The minimum atomic E-state index is -2.00. The molecule has 2 nitrogen and oxygen atoms in total. The normalized spacial score (nSPS) is 11.1. The lowest BCUT2D eigenvalue weighted by Gasteiger charge is -2.08. The molecular weight excluding hydrogens is 247 g/mol. The van der Waals surface area contributed by atoms with Crippen molar-refractivity contribution >= 4 is 10.8 Å². The van der Waals surface area contributed by atoms with E-state index in [2.05, 4.69) is 0 Å². The average molecular weight is 250 g/mol. The predicted octanol–water partition coefficient (Wildman–Crippen LogP) is 2.95. The van der Waals surface area contributed by atoms with Crippen molar-refractivity contribution in [1.29, 1.82) is 0 Å². The molecule has 0 radical (unpaired) electrons. The van der Waals surface area contributed by atoms with Crippen LogP contribution in [0.5, 0.6) is 11.5 Å². The standard InChI is InChI=1S/C10H3F5O2/c11-3-1-2-4(6(13)5(3)12)7(14)8(15)10(17)9(2)16/h1,16-17H. The molecule has 0 aliphatic rings. The Morgan fingerprint density at radius 2 is 1.24 bits per heavy atom. The zero-order valence-corrected chi connectivity index (χ0v) is 7.86. The highest BCUT2D eigenvalue weighted by atomic mass is 19.2. The van der Waals surface area contributed by atoms with E-state index in [1.165, 1.54) is 0 Å². The Kier molecular flexibility index (Phi) is 2.34. The summed E-state index contributed by atoms with van der Waals surface area (Å²) in [5.74, 6) is -12.3. The first-order valence-corrected chi connectivity index (χ1v) is 4.22. The molecule has 2 rings (SSSR count). The molecule has 0 aliphatic carbocycles. The van der Waals surface area contributed by atoms with Gasteiger partial charge in [0.05, 0.1) is 5.39 Å². The lowest BCUT2D eigenvalue weighted by molar-refractivity contribution is 0.368. The average Bonchev–Trinajstić information content (AvgIpc) is 2.30. The molecule has 0 aliphatic heterocycles. The molecule has 0 amide bonds. The summed E-state index contributed by atoms with van der Waals surface area (Å²) in [5.41, 5.74) is 0. The Bertz CT molecular complexity index is 631. The minimum absolute atomic E-state index is 0.255. The summed E-state index contributed by atoms with van der Waals surface area (Å²) < 4.78 is 65.1. The van der Waals surface area contributed by atoms with Crippen molar-refractivity contribution in [3.63, 3.8) is 0 Å². The van der Waals surface area contributed by atoms with E-state index in [9.17, 15) is 27.1 Å². The molecule has 0 saturated heterocycles. The second-order valence-corrected chi connectivity index (χ2v) is 3.23. The largest absolute Gasteiger partial charge is 0.504 e. The molecule has 0 fully saturated rings. The van der Waals surface area contributed by atoms with Gasteiger partial charge >= 0.3 is 0 Å². The maximum absolute atomic E-state index is 13.2. The number of hydrogen-bond acceptors (Lipinski definition) is 2. The lowest BCUT2D eigenvalue weighted by Crippen LogP contribution is -1.97. The highest BCUT2D eigenvalue weighted by Crippen LogP contribution is 2.40. The Labute approximate surface area is 90.5 Å². The second-order valence-electron chi connectivity index (χ2n) is 3.23. The van der Waals surface area contributed by atoms with Gasteiger partial charge in [0, 0.05) is 5.39 Å². The maximum Gasteiger partial charge on any atom is 0.205 e. The molecule has 90 valence electrons. The van der Waals surface area contributed by atoms with E-state index in [0.717, 1.165) is 0 Å². The first-order valence-electron chi connectivity index (χ1n) is 4.22. The van der Waals surface area contributed by atoms with Gasteiger partial charge in [-0.25, -0.2) is 17.6 Å². The van der Waals surface area contributed by atoms with Crippen LogP contribution in [0.3, 0.4) is 0 Å². The zero-order valence-electron chi connectivity index (χ0n) is 7.86. The van der Waals surface area contributed by atoms with Crippen LogP contribution >= 0.6 is 0 Å². The Morgan fingerprint density at radius 3 is 1.82 bits per heavy atom. The summed E-state index contributed by atoms with van der Waals surface area (Å²) >= 11 is 0. The molecule has 0 saturated carbocycles. The summed E-state index contributed by atoms with van der Waals surface area (Å²) in [5, 5.41) is 16.0. The number of rotatable bonds is 0. The van der Waals surface area contributed by atoms with Crippen LogP contribution in [0.25, 0.3) is 10.8 Å². The second kappa shape index (κ2) is 3.47. The van der Waals surface area contributed by atoms with Crippen LogP contribution in [0, 0.1) is 29.1 Å². The first-order chi connectivity index (χ1) is 7.86. The summed E-state index contributed by atoms with van der Waals surface area (Å²) in [6, 6.07) is 0.255. The maximum atomic E-state index is 13.2. The minimum Gasteiger partial charge on any atom is -0.504 e. The molecule has 2 N–H and O–H groups in total. The summed E-state index contributed by atoms with van der Waals surface area (Å²) in [7, 11) is 0. The van der Waals surface area contributed by atoms with Crippen LogP contribution in [-0.4, -0.2) is 10.2 Å². The molecule has 2 aromatic carbocycles. The van der Waals surface area contributed by atoms with Crippen molar-refractivity contribution in [2.45, 2.75) is 0 Å². The number of halogens is 5. The van der Waals surface area contributed by atoms with Gasteiger partial charge in [0.25, 0.3) is 0 Å². The highest BCUT2D eigenvalue weighted by molar-refractivity contribution is 5.91. The fourth-order valence-corrected chi connectivity index (χ4v) is 1.44. The molecule has 17 heavy (non-hydrogen) atoms. The highest BCUT2D eigenvalue weighted by Gasteiger charge is 2.25. The number of aromatic hydroxyl groups is 2. The summed E-state index contributed by atoms with van der Waals surface area (Å²) in [6.07, 6.45) is 0. The monoisotopic (exact) mass is 250 g/mol. The van der Waals surface area contributed by atoms with E-state index < -0.39 is 51.4 Å². The molecule has 7 heteroatoms. The van der Waals surface area contributed by atoms with Gasteiger partial charge in [-0.2, -0.15) is 4.39 Å². The summed E-state index contributed by atoms with van der Waals surface area (Å²) in [4.78, 5) is 0. The van der Waals surface area contributed by atoms with Crippen molar-refractivity contribution < 1.29 is 32.2 Å². The molecule has 0 spiro atoms. The first kappa shape index (κ1) is 11.4. The van der Waals surface area contributed by atoms with Crippen LogP contribution in [0.4, 0.5) is 22.0 Å². The van der Waals surface area contributed by atoms with Crippen molar-refractivity contribution in [3.8, 4) is 11.5 Å². The Morgan fingerprint density at radius 1 is 0.706 bits per heavy atom. The van der Waals surface area contributed by atoms with E-state index in [1.54, 1.807) is 0 Å². The zero-order chi connectivity index (χ0) is 12.9. The Hall–Kier alpha value is -2.05. The van der Waals surface area contributed by atoms with Crippen molar-refractivity contribution in [2.24, 2.45) is 0 Å². The van der Waals surface area contributed by atoms with Gasteiger partial charge in [-0.15, -0.1) is 0 Å². The van der Waals surface area contributed by atoms with Gasteiger partial charge in [-0.1, -0.05) is 0 Å². The van der Waals surface area contributed by atoms with Crippen LogP contribution in [0.2, 0.25) is 0 Å². The molecule has 0 bridgehead atoms. The van der Waals surface area contributed by atoms with Crippen LogP contribution < -0.4 is 0 Å². The van der Waals surface area contributed by atoms with Crippen LogP contribution in [0.1, 0.15) is 0 Å².